The van der Waals surface area contributed by atoms with Gasteiger partial charge in [-0.05, 0) is 69.4 Å². The second kappa shape index (κ2) is 5.85. The topological polar surface area (TPSA) is 16.1 Å². The first-order chi connectivity index (χ1) is 9.63. The van der Waals surface area contributed by atoms with Gasteiger partial charge in [0.2, 0.25) is 0 Å². The lowest BCUT2D eigenvalue weighted by molar-refractivity contribution is 0.194. The zero-order valence-corrected chi connectivity index (χ0v) is 13.2. The Kier molecular flexibility index (Phi) is 4.11. The highest BCUT2D eigenvalue weighted by Gasteiger charge is 2.40. The minimum Gasteiger partial charge on any atom is -0.300 e. The maximum atomic E-state index is 4.63. The molecule has 3 rings (SSSR count). The largest absolute Gasteiger partial charge is 0.300 e. The van der Waals surface area contributed by atoms with Crippen molar-refractivity contribution in [3.8, 4) is 0 Å². The molecule has 2 heterocycles. The number of hydrogen-bond acceptors (Lipinski definition) is 2. The Bertz CT molecular complexity index is 437. The van der Waals surface area contributed by atoms with E-state index in [2.05, 4.69) is 42.8 Å². The van der Waals surface area contributed by atoms with Crippen molar-refractivity contribution in [2.45, 2.75) is 52.5 Å². The molecular weight excluding hydrogens is 244 g/mol. The Morgan fingerprint density at radius 2 is 2.10 bits per heavy atom. The molecule has 1 aliphatic heterocycles. The van der Waals surface area contributed by atoms with Crippen LogP contribution in [-0.4, -0.2) is 29.0 Å². The summed E-state index contributed by atoms with van der Waals surface area (Å²) in [5, 5.41) is 0. The van der Waals surface area contributed by atoms with E-state index in [0.717, 1.165) is 17.8 Å². The highest BCUT2D eigenvalue weighted by Crippen LogP contribution is 2.41. The molecule has 3 atom stereocenters. The summed E-state index contributed by atoms with van der Waals surface area (Å²) in [5.41, 5.74) is 2.56. The van der Waals surface area contributed by atoms with Gasteiger partial charge in [-0.2, -0.15) is 0 Å². The van der Waals surface area contributed by atoms with E-state index < -0.39 is 0 Å². The molecule has 1 aromatic rings. The molecule has 20 heavy (non-hydrogen) atoms. The van der Waals surface area contributed by atoms with Gasteiger partial charge in [0.05, 0.1) is 0 Å². The minimum absolute atomic E-state index is 0.707. The average molecular weight is 272 g/mol. The summed E-state index contributed by atoms with van der Waals surface area (Å²) in [5.74, 6) is 2.71. The van der Waals surface area contributed by atoms with E-state index in [1.54, 1.807) is 0 Å². The van der Waals surface area contributed by atoms with Crippen molar-refractivity contribution in [1.82, 2.24) is 9.88 Å². The predicted molar refractivity (Wildman–Crippen MR) is 83.7 cm³/mol. The zero-order valence-electron chi connectivity index (χ0n) is 13.2. The van der Waals surface area contributed by atoms with Gasteiger partial charge < -0.3 is 4.90 Å². The molecule has 0 N–H and O–H groups in total. The summed E-state index contributed by atoms with van der Waals surface area (Å²) in [7, 11) is 0. The van der Waals surface area contributed by atoms with Crippen LogP contribution < -0.4 is 0 Å². The molecule has 0 radical (unpaired) electrons. The van der Waals surface area contributed by atoms with Gasteiger partial charge in [-0.15, -0.1) is 0 Å². The zero-order chi connectivity index (χ0) is 14.1. The summed E-state index contributed by atoms with van der Waals surface area (Å²) in [4.78, 5) is 7.32. The van der Waals surface area contributed by atoms with Crippen molar-refractivity contribution in [2.24, 2.45) is 17.8 Å². The van der Waals surface area contributed by atoms with Gasteiger partial charge >= 0.3 is 0 Å². The van der Waals surface area contributed by atoms with Crippen LogP contribution in [0.3, 0.4) is 0 Å². The molecule has 2 aliphatic rings. The molecular formula is C18H28N2. The third kappa shape index (κ3) is 2.90. The second-order valence-electron chi connectivity index (χ2n) is 7.19. The van der Waals surface area contributed by atoms with Crippen molar-refractivity contribution in [3.63, 3.8) is 0 Å². The number of pyridine rings is 1. The van der Waals surface area contributed by atoms with Crippen molar-refractivity contribution >= 4 is 0 Å². The van der Waals surface area contributed by atoms with Crippen LogP contribution in [0.4, 0.5) is 0 Å². The number of aryl methyl sites for hydroxylation is 1. The van der Waals surface area contributed by atoms with E-state index in [4.69, 9.17) is 0 Å². The van der Waals surface area contributed by atoms with Gasteiger partial charge in [0.25, 0.3) is 0 Å². The number of nitrogens with zero attached hydrogens (tertiary/aromatic N) is 2. The molecule has 110 valence electrons. The number of fused-ring (bicyclic) bond motifs is 1. The van der Waals surface area contributed by atoms with Crippen molar-refractivity contribution < 1.29 is 0 Å². The molecule has 2 nitrogen and oxygen atoms in total. The standard InChI is InChI=1S/C18H28N2/c1-13(2)20-11-16-6-4-5-15(18(16)12-20)9-17-8-7-14(3)10-19-17/h7-8,10,13,15-16,18H,4-6,9,11-12H2,1-3H3/t15-,16-,18-/m1/s1. The Morgan fingerprint density at radius 1 is 1.25 bits per heavy atom. The summed E-state index contributed by atoms with van der Waals surface area (Å²) in [6.07, 6.45) is 7.48. The Hall–Kier alpha value is -0.890. The van der Waals surface area contributed by atoms with Crippen LogP contribution in [0.2, 0.25) is 0 Å². The fourth-order valence-electron chi connectivity index (χ4n) is 4.19. The first-order valence-corrected chi connectivity index (χ1v) is 8.29. The summed E-state index contributed by atoms with van der Waals surface area (Å²) in [6, 6.07) is 5.14. The van der Waals surface area contributed by atoms with Gasteiger partial charge in [0.1, 0.15) is 0 Å². The lowest BCUT2D eigenvalue weighted by atomic mass is 9.72. The van der Waals surface area contributed by atoms with E-state index >= 15 is 0 Å². The van der Waals surface area contributed by atoms with Gasteiger partial charge in [-0.1, -0.05) is 12.5 Å². The second-order valence-corrected chi connectivity index (χ2v) is 7.19. The van der Waals surface area contributed by atoms with Gasteiger partial charge in [0.15, 0.2) is 0 Å². The van der Waals surface area contributed by atoms with E-state index in [9.17, 15) is 0 Å². The van der Waals surface area contributed by atoms with Crippen LogP contribution in [0.25, 0.3) is 0 Å². The summed E-state index contributed by atoms with van der Waals surface area (Å²) >= 11 is 0. The van der Waals surface area contributed by atoms with Crippen molar-refractivity contribution in [2.75, 3.05) is 13.1 Å². The molecule has 0 unspecified atom stereocenters. The molecule has 2 heteroatoms. The number of aromatic nitrogens is 1. The van der Waals surface area contributed by atoms with Crippen LogP contribution in [0, 0.1) is 24.7 Å². The lowest BCUT2D eigenvalue weighted by Crippen LogP contribution is -2.30. The summed E-state index contributed by atoms with van der Waals surface area (Å²) < 4.78 is 0. The molecule has 0 bridgehead atoms. The predicted octanol–water partition coefficient (Wildman–Crippen LogP) is 3.69. The number of rotatable bonds is 3. The van der Waals surface area contributed by atoms with Crippen molar-refractivity contribution in [1.29, 1.82) is 0 Å². The van der Waals surface area contributed by atoms with Crippen LogP contribution >= 0.6 is 0 Å². The highest BCUT2D eigenvalue weighted by molar-refractivity contribution is 5.13. The monoisotopic (exact) mass is 272 g/mol. The van der Waals surface area contributed by atoms with Crippen molar-refractivity contribution in [3.05, 3.63) is 29.6 Å². The normalized spacial score (nSPS) is 30.7. The van der Waals surface area contributed by atoms with Gasteiger partial charge in [-0.25, -0.2) is 0 Å². The highest BCUT2D eigenvalue weighted by atomic mass is 15.2. The maximum Gasteiger partial charge on any atom is 0.0406 e. The molecule has 2 fully saturated rings. The van der Waals surface area contributed by atoms with Crippen LogP contribution in [0.5, 0.6) is 0 Å². The Morgan fingerprint density at radius 3 is 2.80 bits per heavy atom. The first kappa shape index (κ1) is 14.1. The fourth-order valence-corrected chi connectivity index (χ4v) is 4.19. The molecule has 1 saturated heterocycles. The molecule has 1 aliphatic carbocycles. The molecule has 1 saturated carbocycles. The molecule has 0 amide bonds. The van der Waals surface area contributed by atoms with Gasteiger partial charge in [-0.3, -0.25) is 4.98 Å². The smallest absolute Gasteiger partial charge is 0.0406 e. The van der Waals surface area contributed by atoms with E-state index in [0.29, 0.717) is 6.04 Å². The molecule has 0 spiro atoms. The minimum atomic E-state index is 0.707. The quantitative estimate of drug-likeness (QED) is 0.834. The van der Waals surface area contributed by atoms with Crippen LogP contribution in [0.1, 0.15) is 44.4 Å². The number of likely N-dealkylation sites (tertiary alicyclic amines) is 1. The maximum absolute atomic E-state index is 4.63. The molecule has 1 aromatic heterocycles. The van der Waals surface area contributed by atoms with E-state index in [1.165, 1.54) is 50.0 Å². The third-order valence-electron chi connectivity index (χ3n) is 5.45. The van der Waals surface area contributed by atoms with Gasteiger partial charge in [0, 0.05) is 31.0 Å². The Labute approximate surface area is 123 Å². The fraction of sp³-hybridized carbons (Fsp3) is 0.722. The van der Waals surface area contributed by atoms with E-state index in [-0.39, 0.29) is 0 Å². The third-order valence-corrected chi connectivity index (χ3v) is 5.45. The first-order valence-electron chi connectivity index (χ1n) is 8.29. The average Bonchev–Trinajstić information content (AvgIpc) is 2.87. The van der Waals surface area contributed by atoms with Crippen LogP contribution in [-0.2, 0) is 6.42 Å². The van der Waals surface area contributed by atoms with Crippen LogP contribution in [0.15, 0.2) is 18.3 Å². The van der Waals surface area contributed by atoms with E-state index in [1.807, 2.05) is 6.20 Å². The SMILES string of the molecule is Cc1ccc(C[C@H]2CCC[C@@H]3CN(C(C)C)C[C@H]23)nc1. The number of hydrogen-bond donors (Lipinski definition) is 0. The lowest BCUT2D eigenvalue weighted by Gasteiger charge is -2.33. The molecule has 0 aromatic carbocycles. The summed E-state index contributed by atoms with van der Waals surface area (Å²) in [6.45, 7) is 9.45. The Balaban J connectivity index is 1.68.